The Morgan fingerprint density at radius 3 is 2.65 bits per heavy atom. The van der Waals surface area contributed by atoms with E-state index in [0.29, 0.717) is 18.1 Å². The predicted octanol–water partition coefficient (Wildman–Crippen LogP) is -0.933. The van der Waals surface area contributed by atoms with Gasteiger partial charge in [0.1, 0.15) is 0 Å². The van der Waals surface area contributed by atoms with Crippen molar-refractivity contribution in [2.24, 2.45) is 11.8 Å². The first-order valence-corrected chi connectivity index (χ1v) is 6.95. The number of hydrazine groups is 1. The van der Waals surface area contributed by atoms with E-state index >= 15 is 0 Å². The van der Waals surface area contributed by atoms with Crippen LogP contribution < -0.4 is 21.5 Å². The van der Waals surface area contributed by atoms with Gasteiger partial charge in [-0.3, -0.25) is 10.9 Å². The van der Waals surface area contributed by atoms with Crippen molar-refractivity contribution in [2.45, 2.75) is 25.0 Å². The molecule has 3 rings (SSSR count). The Balaban J connectivity index is 1.54. The highest BCUT2D eigenvalue weighted by atomic mass is 16.5. The average molecular weight is 240 g/mol. The summed E-state index contributed by atoms with van der Waals surface area (Å²) in [4.78, 5) is 0. The van der Waals surface area contributed by atoms with Crippen LogP contribution in [0.1, 0.15) is 12.8 Å². The molecule has 0 aliphatic carbocycles. The summed E-state index contributed by atoms with van der Waals surface area (Å²) < 4.78 is 5.89. The fraction of sp³-hybridized carbons (Fsp3) is 1.00. The lowest BCUT2D eigenvalue weighted by atomic mass is 9.82. The summed E-state index contributed by atoms with van der Waals surface area (Å²) in [5.74, 6) is 1.42. The molecular weight excluding hydrogens is 216 g/mol. The fourth-order valence-corrected chi connectivity index (χ4v) is 3.34. The highest BCUT2D eigenvalue weighted by molar-refractivity contribution is 4.90. The first-order chi connectivity index (χ1) is 8.43. The largest absolute Gasteiger partial charge is 0.375 e. The molecule has 4 N–H and O–H groups in total. The number of ether oxygens (including phenoxy) is 1. The lowest BCUT2D eigenvalue weighted by Gasteiger charge is -2.38. The smallest absolute Gasteiger partial charge is 0.0740 e. The van der Waals surface area contributed by atoms with Gasteiger partial charge in [0.2, 0.25) is 0 Å². The summed E-state index contributed by atoms with van der Waals surface area (Å²) in [6, 6.07) is 0.641. The molecule has 5 heteroatoms. The zero-order valence-electron chi connectivity index (χ0n) is 10.4. The van der Waals surface area contributed by atoms with E-state index in [1.54, 1.807) is 0 Å². The molecule has 4 unspecified atom stereocenters. The maximum Gasteiger partial charge on any atom is 0.0740 e. The summed E-state index contributed by atoms with van der Waals surface area (Å²) in [7, 11) is 0. The summed E-state index contributed by atoms with van der Waals surface area (Å²) in [6.45, 7) is 6.27. The van der Waals surface area contributed by atoms with Crippen LogP contribution in [0.5, 0.6) is 0 Å². The van der Waals surface area contributed by atoms with Gasteiger partial charge in [-0.15, -0.1) is 0 Å². The summed E-state index contributed by atoms with van der Waals surface area (Å²) >= 11 is 0. The van der Waals surface area contributed by atoms with Gasteiger partial charge in [-0.25, -0.2) is 0 Å². The molecule has 3 aliphatic heterocycles. The second kappa shape index (κ2) is 5.63. The number of piperidine rings is 1. The minimum atomic E-state index is 0.411. The molecule has 0 bridgehead atoms. The van der Waals surface area contributed by atoms with Gasteiger partial charge in [0, 0.05) is 32.2 Å². The number of morpholine rings is 1. The maximum absolute atomic E-state index is 5.89. The van der Waals surface area contributed by atoms with Gasteiger partial charge in [0.25, 0.3) is 0 Å². The Bertz CT molecular complexity index is 239. The van der Waals surface area contributed by atoms with Gasteiger partial charge < -0.3 is 15.4 Å². The van der Waals surface area contributed by atoms with Crippen LogP contribution in [0.2, 0.25) is 0 Å². The van der Waals surface area contributed by atoms with Crippen LogP contribution >= 0.6 is 0 Å². The molecule has 0 saturated carbocycles. The molecule has 98 valence electrons. The lowest BCUT2D eigenvalue weighted by Crippen LogP contribution is -2.52. The van der Waals surface area contributed by atoms with E-state index in [4.69, 9.17) is 4.74 Å². The van der Waals surface area contributed by atoms with E-state index < -0.39 is 0 Å². The van der Waals surface area contributed by atoms with Crippen LogP contribution in [-0.2, 0) is 4.74 Å². The molecule has 0 amide bonds. The number of rotatable bonds is 2. The molecule has 17 heavy (non-hydrogen) atoms. The quantitative estimate of drug-likeness (QED) is 0.502. The summed E-state index contributed by atoms with van der Waals surface area (Å²) in [5.41, 5.74) is 6.65. The third-order valence-electron chi connectivity index (χ3n) is 4.34. The molecule has 0 spiro atoms. The first kappa shape index (κ1) is 11.9. The van der Waals surface area contributed by atoms with Crippen LogP contribution in [0, 0.1) is 11.8 Å². The van der Waals surface area contributed by atoms with Gasteiger partial charge in [0.15, 0.2) is 0 Å². The highest BCUT2D eigenvalue weighted by Crippen LogP contribution is 2.26. The Kier molecular flexibility index (Phi) is 3.93. The number of hydrogen-bond donors (Lipinski definition) is 4. The standard InChI is InChI=1S/C12H24N4O/c1-2-15-16-11(1)9-5-10(7-14-6-9)12-8-13-3-4-17-12/h9-16H,1-8H2. The molecule has 3 fully saturated rings. The van der Waals surface area contributed by atoms with Crippen molar-refractivity contribution in [3.05, 3.63) is 0 Å². The van der Waals surface area contributed by atoms with Gasteiger partial charge in [-0.1, -0.05) is 0 Å². The molecule has 0 aromatic carbocycles. The van der Waals surface area contributed by atoms with Crippen molar-refractivity contribution in [2.75, 3.05) is 39.3 Å². The molecule has 3 aliphatic rings. The fourth-order valence-electron chi connectivity index (χ4n) is 3.34. The molecule has 3 saturated heterocycles. The maximum atomic E-state index is 5.89. The van der Waals surface area contributed by atoms with Gasteiger partial charge in [-0.05, 0) is 31.2 Å². The van der Waals surface area contributed by atoms with Gasteiger partial charge in [-0.2, -0.15) is 0 Å². The van der Waals surface area contributed by atoms with Crippen molar-refractivity contribution in [1.29, 1.82) is 0 Å². The molecule has 0 radical (unpaired) electrons. The molecule has 0 aromatic heterocycles. The van der Waals surface area contributed by atoms with Crippen LogP contribution in [0.4, 0.5) is 0 Å². The molecule has 4 atom stereocenters. The minimum absolute atomic E-state index is 0.411. The number of hydrogen-bond acceptors (Lipinski definition) is 5. The monoisotopic (exact) mass is 240 g/mol. The second-order valence-corrected chi connectivity index (χ2v) is 5.49. The Morgan fingerprint density at radius 1 is 0.941 bits per heavy atom. The van der Waals surface area contributed by atoms with Crippen molar-refractivity contribution in [3.8, 4) is 0 Å². The average Bonchev–Trinajstić information content (AvgIpc) is 2.94. The van der Waals surface area contributed by atoms with E-state index in [2.05, 4.69) is 21.5 Å². The summed E-state index contributed by atoms with van der Waals surface area (Å²) in [6.07, 6.45) is 2.95. The van der Waals surface area contributed by atoms with E-state index in [1.807, 2.05) is 0 Å². The van der Waals surface area contributed by atoms with Crippen molar-refractivity contribution < 1.29 is 4.74 Å². The van der Waals surface area contributed by atoms with Crippen molar-refractivity contribution >= 4 is 0 Å². The van der Waals surface area contributed by atoms with Crippen LogP contribution in [-0.4, -0.2) is 51.5 Å². The van der Waals surface area contributed by atoms with Gasteiger partial charge >= 0.3 is 0 Å². The van der Waals surface area contributed by atoms with Crippen LogP contribution in [0.15, 0.2) is 0 Å². The lowest BCUT2D eigenvalue weighted by molar-refractivity contribution is -0.0229. The first-order valence-electron chi connectivity index (χ1n) is 6.95. The SMILES string of the molecule is C1COC(C2CNCC(C3CCNN3)C2)CN1. The van der Waals surface area contributed by atoms with E-state index in [-0.39, 0.29) is 0 Å². The predicted molar refractivity (Wildman–Crippen MR) is 66.6 cm³/mol. The molecule has 3 heterocycles. The normalized spacial score (nSPS) is 43.8. The topological polar surface area (TPSA) is 57.4 Å². The second-order valence-electron chi connectivity index (χ2n) is 5.49. The molecule has 5 nitrogen and oxygen atoms in total. The van der Waals surface area contributed by atoms with Crippen LogP contribution in [0.3, 0.4) is 0 Å². The Hall–Kier alpha value is -0.200. The van der Waals surface area contributed by atoms with Crippen molar-refractivity contribution in [3.63, 3.8) is 0 Å². The van der Waals surface area contributed by atoms with Crippen LogP contribution in [0.25, 0.3) is 0 Å². The third kappa shape index (κ3) is 2.80. The van der Waals surface area contributed by atoms with E-state index in [0.717, 1.165) is 45.2 Å². The third-order valence-corrected chi connectivity index (χ3v) is 4.34. The zero-order chi connectivity index (χ0) is 11.5. The van der Waals surface area contributed by atoms with Crippen molar-refractivity contribution in [1.82, 2.24) is 21.5 Å². The number of nitrogens with one attached hydrogen (secondary N) is 4. The zero-order valence-corrected chi connectivity index (χ0v) is 10.4. The summed E-state index contributed by atoms with van der Waals surface area (Å²) in [5, 5.41) is 7.02. The van der Waals surface area contributed by atoms with E-state index in [9.17, 15) is 0 Å². The Morgan fingerprint density at radius 2 is 1.88 bits per heavy atom. The highest BCUT2D eigenvalue weighted by Gasteiger charge is 2.34. The van der Waals surface area contributed by atoms with Gasteiger partial charge in [0.05, 0.1) is 12.7 Å². The molecular formula is C12H24N4O. The minimum Gasteiger partial charge on any atom is -0.375 e. The van der Waals surface area contributed by atoms with E-state index in [1.165, 1.54) is 12.8 Å². The molecule has 0 aromatic rings. The Labute approximate surface area is 103 Å².